The van der Waals surface area contributed by atoms with Crippen molar-refractivity contribution in [3.8, 4) is 21.6 Å². The molecular formula is C23H23NOS2. The molecule has 2 nitrogen and oxygen atoms in total. The zero-order valence-corrected chi connectivity index (χ0v) is 17.3. The molecule has 2 aromatic carbocycles. The second-order valence-electron chi connectivity index (χ2n) is 6.77. The van der Waals surface area contributed by atoms with Crippen LogP contribution >= 0.6 is 23.1 Å². The molecule has 0 radical (unpaired) electrons. The van der Waals surface area contributed by atoms with E-state index in [4.69, 9.17) is 4.74 Å². The Morgan fingerprint density at radius 2 is 1.63 bits per heavy atom. The standard InChI is InChI=1S/C23H23NOS2/c1-24(2)13-15-25-14-7-8-17-16-20-18-9-3-5-11-21(18)27-22-12-6-4-10-19(22)23(20)26-17/h3-12,16H,13-15H2,1-2H3/b8-7+. The third-order valence-electron chi connectivity index (χ3n) is 4.46. The van der Waals surface area contributed by atoms with E-state index < -0.39 is 0 Å². The lowest BCUT2D eigenvalue weighted by Gasteiger charge is -2.08. The van der Waals surface area contributed by atoms with Crippen molar-refractivity contribution in [2.24, 2.45) is 0 Å². The van der Waals surface area contributed by atoms with Crippen molar-refractivity contribution in [2.75, 3.05) is 33.9 Å². The van der Waals surface area contributed by atoms with Crippen LogP contribution in [-0.4, -0.2) is 38.8 Å². The highest BCUT2D eigenvalue weighted by Gasteiger charge is 2.21. The average Bonchev–Trinajstić information content (AvgIpc) is 3.04. The van der Waals surface area contributed by atoms with E-state index in [1.807, 2.05) is 23.1 Å². The van der Waals surface area contributed by atoms with Crippen LogP contribution in [0.4, 0.5) is 0 Å². The number of likely N-dealkylation sites (N-methyl/N-ethyl adjacent to an activating group) is 1. The Labute approximate surface area is 169 Å². The first-order valence-corrected chi connectivity index (χ1v) is 10.7. The number of fused-ring (bicyclic) bond motifs is 5. The third kappa shape index (κ3) is 4.19. The zero-order chi connectivity index (χ0) is 18.6. The van der Waals surface area contributed by atoms with Gasteiger partial charge in [0, 0.05) is 37.2 Å². The largest absolute Gasteiger partial charge is 0.376 e. The van der Waals surface area contributed by atoms with E-state index in [0.717, 1.165) is 13.2 Å². The minimum absolute atomic E-state index is 0.652. The Hall–Kier alpha value is -1.85. The van der Waals surface area contributed by atoms with Crippen molar-refractivity contribution >= 4 is 29.2 Å². The molecule has 138 valence electrons. The Balaban J connectivity index is 1.62. The molecule has 0 bridgehead atoms. The van der Waals surface area contributed by atoms with Crippen LogP contribution < -0.4 is 0 Å². The van der Waals surface area contributed by atoms with Gasteiger partial charge in [0.25, 0.3) is 0 Å². The van der Waals surface area contributed by atoms with Crippen LogP contribution in [0.25, 0.3) is 27.6 Å². The van der Waals surface area contributed by atoms with Gasteiger partial charge in [0.15, 0.2) is 0 Å². The molecule has 0 saturated heterocycles. The lowest BCUT2D eigenvalue weighted by atomic mass is 10.0. The van der Waals surface area contributed by atoms with Crippen molar-refractivity contribution in [1.82, 2.24) is 4.90 Å². The first kappa shape index (κ1) is 18.5. The van der Waals surface area contributed by atoms with Crippen LogP contribution in [0.1, 0.15) is 4.88 Å². The van der Waals surface area contributed by atoms with Gasteiger partial charge in [0.1, 0.15) is 0 Å². The van der Waals surface area contributed by atoms with Gasteiger partial charge < -0.3 is 9.64 Å². The van der Waals surface area contributed by atoms with E-state index in [2.05, 4.69) is 85.7 Å². The van der Waals surface area contributed by atoms with Gasteiger partial charge >= 0.3 is 0 Å². The fourth-order valence-corrected chi connectivity index (χ4v) is 5.40. The number of hydrogen-bond donors (Lipinski definition) is 0. The lowest BCUT2D eigenvalue weighted by Crippen LogP contribution is -2.17. The lowest BCUT2D eigenvalue weighted by molar-refractivity contribution is 0.142. The predicted molar refractivity (Wildman–Crippen MR) is 118 cm³/mol. The van der Waals surface area contributed by atoms with E-state index in [0.29, 0.717) is 6.61 Å². The SMILES string of the molecule is CN(C)CCOC/C=C/c1cc2c(s1)-c1ccccc1Sc1ccccc1-2. The van der Waals surface area contributed by atoms with Gasteiger partial charge in [0.05, 0.1) is 13.2 Å². The number of hydrogen-bond acceptors (Lipinski definition) is 4. The molecule has 2 heterocycles. The van der Waals surface area contributed by atoms with Gasteiger partial charge in [-0.05, 0) is 43.9 Å². The molecule has 0 saturated carbocycles. The van der Waals surface area contributed by atoms with Crippen molar-refractivity contribution in [2.45, 2.75) is 9.79 Å². The van der Waals surface area contributed by atoms with Gasteiger partial charge in [-0.3, -0.25) is 0 Å². The van der Waals surface area contributed by atoms with Gasteiger partial charge in [-0.15, -0.1) is 11.3 Å². The van der Waals surface area contributed by atoms with Crippen LogP contribution in [-0.2, 0) is 4.74 Å². The Kier molecular flexibility index (Phi) is 5.79. The number of benzene rings is 2. The Morgan fingerprint density at radius 1 is 0.926 bits per heavy atom. The smallest absolute Gasteiger partial charge is 0.0651 e. The van der Waals surface area contributed by atoms with E-state index in [1.54, 1.807) is 0 Å². The molecule has 3 aromatic rings. The summed E-state index contributed by atoms with van der Waals surface area (Å²) in [6.45, 7) is 2.36. The Bertz CT molecular complexity index is 896. The fraction of sp³-hybridized carbons (Fsp3) is 0.217. The molecular weight excluding hydrogens is 370 g/mol. The van der Waals surface area contributed by atoms with Gasteiger partial charge in [0.2, 0.25) is 0 Å². The van der Waals surface area contributed by atoms with Crippen LogP contribution in [0.3, 0.4) is 0 Å². The molecule has 0 N–H and O–H groups in total. The molecule has 0 atom stereocenters. The maximum atomic E-state index is 5.67. The Morgan fingerprint density at radius 3 is 2.41 bits per heavy atom. The van der Waals surface area contributed by atoms with Crippen LogP contribution in [0, 0.1) is 0 Å². The van der Waals surface area contributed by atoms with Gasteiger partial charge in [-0.2, -0.15) is 0 Å². The summed E-state index contributed by atoms with van der Waals surface area (Å²) < 4.78 is 5.67. The second-order valence-corrected chi connectivity index (χ2v) is 8.93. The zero-order valence-electron chi connectivity index (χ0n) is 15.6. The van der Waals surface area contributed by atoms with Crippen molar-refractivity contribution in [1.29, 1.82) is 0 Å². The van der Waals surface area contributed by atoms with E-state index in [9.17, 15) is 0 Å². The van der Waals surface area contributed by atoms with Crippen LogP contribution in [0.2, 0.25) is 0 Å². The number of ether oxygens (including phenoxy) is 1. The van der Waals surface area contributed by atoms with E-state index in [-0.39, 0.29) is 0 Å². The fourth-order valence-electron chi connectivity index (χ4n) is 3.09. The summed E-state index contributed by atoms with van der Waals surface area (Å²) in [4.78, 5) is 7.41. The molecule has 1 aliphatic heterocycles. The maximum Gasteiger partial charge on any atom is 0.0651 e. The van der Waals surface area contributed by atoms with Crippen LogP contribution in [0.5, 0.6) is 0 Å². The summed E-state index contributed by atoms with van der Waals surface area (Å²) in [5, 5.41) is 0. The molecule has 1 aromatic heterocycles. The van der Waals surface area contributed by atoms with Gasteiger partial charge in [-0.1, -0.05) is 54.2 Å². The molecule has 0 fully saturated rings. The molecule has 0 amide bonds. The molecule has 4 rings (SSSR count). The van der Waals surface area contributed by atoms with E-state index in [1.165, 1.54) is 36.2 Å². The maximum absolute atomic E-state index is 5.67. The number of nitrogens with zero attached hydrogens (tertiary/aromatic N) is 1. The number of thiophene rings is 1. The molecule has 4 heteroatoms. The summed E-state index contributed by atoms with van der Waals surface area (Å²) in [5.74, 6) is 0. The van der Waals surface area contributed by atoms with E-state index >= 15 is 0 Å². The minimum Gasteiger partial charge on any atom is -0.376 e. The first-order chi connectivity index (χ1) is 13.2. The summed E-state index contributed by atoms with van der Waals surface area (Å²) in [5.41, 5.74) is 3.99. The topological polar surface area (TPSA) is 12.5 Å². The normalized spacial score (nSPS) is 12.7. The average molecular weight is 394 g/mol. The monoisotopic (exact) mass is 393 g/mol. The van der Waals surface area contributed by atoms with Gasteiger partial charge in [-0.25, -0.2) is 0 Å². The highest BCUT2D eigenvalue weighted by atomic mass is 32.2. The van der Waals surface area contributed by atoms with Crippen LogP contribution in [0.15, 0.2) is 70.5 Å². The quantitative estimate of drug-likeness (QED) is 0.365. The number of rotatable bonds is 6. The molecule has 1 aliphatic rings. The first-order valence-electron chi connectivity index (χ1n) is 9.12. The molecule has 0 unspecified atom stereocenters. The summed E-state index contributed by atoms with van der Waals surface area (Å²) in [6.07, 6.45) is 4.31. The minimum atomic E-state index is 0.652. The third-order valence-corrected chi connectivity index (χ3v) is 6.74. The molecule has 27 heavy (non-hydrogen) atoms. The van der Waals surface area contributed by atoms with Crippen molar-refractivity contribution in [3.05, 3.63) is 65.6 Å². The van der Waals surface area contributed by atoms with Crippen molar-refractivity contribution < 1.29 is 4.74 Å². The molecule has 0 aliphatic carbocycles. The van der Waals surface area contributed by atoms with Crippen molar-refractivity contribution in [3.63, 3.8) is 0 Å². The summed E-state index contributed by atoms with van der Waals surface area (Å²) in [6, 6.07) is 19.7. The summed E-state index contributed by atoms with van der Waals surface area (Å²) in [7, 11) is 4.12. The predicted octanol–water partition coefficient (Wildman–Crippen LogP) is 6.14. The highest BCUT2D eigenvalue weighted by molar-refractivity contribution is 7.99. The highest BCUT2D eigenvalue weighted by Crippen LogP contribution is 2.50. The summed E-state index contributed by atoms with van der Waals surface area (Å²) >= 11 is 3.72. The molecule has 0 spiro atoms. The second kappa shape index (κ2) is 8.44.